The predicted molar refractivity (Wildman–Crippen MR) is 97.4 cm³/mol. The summed E-state index contributed by atoms with van der Waals surface area (Å²) < 4.78 is 11.4. The summed E-state index contributed by atoms with van der Waals surface area (Å²) in [7, 11) is 3.97. The molecule has 0 bridgehead atoms. The van der Waals surface area contributed by atoms with Crippen LogP contribution in [0.1, 0.15) is 43.2 Å². The van der Waals surface area contributed by atoms with E-state index in [1.165, 1.54) is 56.3 Å². The van der Waals surface area contributed by atoms with Crippen LogP contribution in [0.4, 0.5) is 0 Å². The minimum absolute atomic E-state index is 0.408. The molecular formula is C20H32N2O2. The van der Waals surface area contributed by atoms with Gasteiger partial charge >= 0.3 is 0 Å². The third-order valence-electron chi connectivity index (χ3n) is 5.18. The Hall–Kier alpha value is -1.10. The average molecular weight is 332 g/mol. The van der Waals surface area contributed by atoms with E-state index in [9.17, 15) is 0 Å². The molecule has 2 fully saturated rings. The van der Waals surface area contributed by atoms with Crippen molar-refractivity contribution in [2.45, 2.75) is 51.3 Å². The Labute approximate surface area is 146 Å². The molecule has 0 amide bonds. The van der Waals surface area contributed by atoms with Crippen LogP contribution in [0.3, 0.4) is 0 Å². The summed E-state index contributed by atoms with van der Waals surface area (Å²) in [6, 6.07) is 6.66. The third-order valence-corrected chi connectivity index (χ3v) is 5.18. The summed E-state index contributed by atoms with van der Waals surface area (Å²) >= 11 is 0. The first-order valence-corrected chi connectivity index (χ1v) is 9.43. The number of nitrogens with zero attached hydrogens (tertiary/aromatic N) is 2. The van der Waals surface area contributed by atoms with Crippen LogP contribution in [0, 0.1) is 0 Å². The van der Waals surface area contributed by atoms with Gasteiger partial charge in [-0.05, 0) is 69.9 Å². The van der Waals surface area contributed by atoms with Crippen molar-refractivity contribution in [3.63, 3.8) is 0 Å². The predicted octanol–water partition coefficient (Wildman–Crippen LogP) is 3.29. The smallest absolute Gasteiger partial charge is 0.123 e. The molecule has 1 aromatic rings. The Morgan fingerprint density at radius 2 is 2.04 bits per heavy atom. The highest BCUT2D eigenvalue weighted by atomic mass is 16.5. The average Bonchev–Trinajstić information content (AvgIpc) is 3.09. The second kappa shape index (κ2) is 8.84. The lowest BCUT2D eigenvalue weighted by Gasteiger charge is -2.27. The number of methoxy groups -OCH3 is 1. The van der Waals surface area contributed by atoms with Gasteiger partial charge in [-0.3, -0.25) is 9.80 Å². The maximum absolute atomic E-state index is 5.87. The molecule has 3 rings (SSSR count). The molecule has 4 nitrogen and oxygen atoms in total. The summed E-state index contributed by atoms with van der Waals surface area (Å²) in [4.78, 5) is 4.92. The van der Waals surface area contributed by atoms with Gasteiger partial charge in [0.25, 0.3) is 0 Å². The highest BCUT2D eigenvalue weighted by Crippen LogP contribution is 2.24. The first kappa shape index (κ1) is 17.7. The highest BCUT2D eigenvalue weighted by molar-refractivity contribution is 5.37. The molecule has 2 saturated heterocycles. The highest BCUT2D eigenvalue weighted by Gasteiger charge is 2.17. The zero-order valence-corrected chi connectivity index (χ0v) is 15.3. The molecule has 0 aromatic heterocycles. The molecule has 0 spiro atoms. The molecule has 0 N–H and O–H groups in total. The van der Waals surface area contributed by atoms with Gasteiger partial charge in [-0.1, -0.05) is 6.07 Å². The van der Waals surface area contributed by atoms with Crippen LogP contribution in [0.25, 0.3) is 0 Å². The summed E-state index contributed by atoms with van der Waals surface area (Å²) in [5, 5.41) is 0. The number of hydrogen-bond acceptors (Lipinski definition) is 4. The summed E-state index contributed by atoms with van der Waals surface area (Å²) in [5.74, 6) is 1.02. The number of benzene rings is 1. The van der Waals surface area contributed by atoms with Crippen LogP contribution in [-0.2, 0) is 17.8 Å². The van der Waals surface area contributed by atoms with E-state index >= 15 is 0 Å². The number of rotatable bonds is 7. The van der Waals surface area contributed by atoms with Gasteiger partial charge in [0.15, 0.2) is 0 Å². The lowest BCUT2D eigenvalue weighted by molar-refractivity contribution is -0.00259. The second-order valence-electron chi connectivity index (χ2n) is 7.31. The zero-order chi connectivity index (χ0) is 16.8. The molecule has 4 heteroatoms. The lowest BCUT2D eigenvalue weighted by atomic mass is 10.1. The van der Waals surface area contributed by atoms with Gasteiger partial charge in [-0.2, -0.15) is 0 Å². The molecule has 2 aliphatic rings. The molecule has 1 aromatic carbocycles. The van der Waals surface area contributed by atoms with E-state index in [0.29, 0.717) is 6.10 Å². The van der Waals surface area contributed by atoms with Crippen LogP contribution in [0.2, 0.25) is 0 Å². The van der Waals surface area contributed by atoms with Crippen molar-refractivity contribution >= 4 is 0 Å². The van der Waals surface area contributed by atoms with Gasteiger partial charge in [0.1, 0.15) is 5.75 Å². The largest absolute Gasteiger partial charge is 0.496 e. The van der Waals surface area contributed by atoms with Crippen molar-refractivity contribution in [3.8, 4) is 5.75 Å². The summed E-state index contributed by atoms with van der Waals surface area (Å²) in [6.07, 6.45) is 6.79. The van der Waals surface area contributed by atoms with E-state index in [4.69, 9.17) is 9.47 Å². The van der Waals surface area contributed by atoms with E-state index in [-0.39, 0.29) is 0 Å². The van der Waals surface area contributed by atoms with Gasteiger partial charge in [0, 0.05) is 31.8 Å². The molecule has 0 radical (unpaired) electrons. The van der Waals surface area contributed by atoms with Gasteiger partial charge in [0.2, 0.25) is 0 Å². The summed E-state index contributed by atoms with van der Waals surface area (Å²) in [5.41, 5.74) is 2.68. The van der Waals surface area contributed by atoms with Crippen LogP contribution in [-0.4, -0.2) is 56.3 Å². The monoisotopic (exact) mass is 332 g/mol. The molecular weight excluding hydrogens is 300 g/mol. The van der Waals surface area contributed by atoms with Crippen molar-refractivity contribution in [1.82, 2.24) is 9.80 Å². The number of hydrogen-bond donors (Lipinski definition) is 0. The van der Waals surface area contributed by atoms with Gasteiger partial charge in [-0.15, -0.1) is 0 Å². The van der Waals surface area contributed by atoms with Crippen molar-refractivity contribution in [2.75, 3.05) is 40.4 Å². The third kappa shape index (κ3) is 4.95. The van der Waals surface area contributed by atoms with Crippen molar-refractivity contribution in [2.24, 2.45) is 0 Å². The SMILES string of the molecule is COc1ccc(CN(C)C[C@@H]2CCCCO2)cc1CN1CCCC1. The summed E-state index contributed by atoms with van der Waals surface area (Å²) in [6.45, 7) is 6.36. The van der Waals surface area contributed by atoms with Crippen LogP contribution >= 0.6 is 0 Å². The van der Waals surface area contributed by atoms with Gasteiger partial charge in [0.05, 0.1) is 13.2 Å². The fourth-order valence-corrected chi connectivity index (χ4v) is 3.91. The quantitative estimate of drug-likeness (QED) is 0.765. The van der Waals surface area contributed by atoms with E-state index in [1.807, 2.05) is 0 Å². The Morgan fingerprint density at radius 1 is 1.21 bits per heavy atom. The molecule has 0 saturated carbocycles. The van der Waals surface area contributed by atoms with E-state index in [0.717, 1.165) is 32.0 Å². The van der Waals surface area contributed by atoms with Crippen LogP contribution in [0.5, 0.6) is 5.75 Å². The molecule has 134 valence electrons. The first-order valence-electron chi connectivity index (χ1n) is 9.43. The zero-order valence-electron chi connectivity index (χ0n) is 15.3. The molecule has 0 unspecified atom stereocenters. The van der Waals surface area contributed by atoms with Gasteiger partial charge in [-0.25, -0.2) is 0 Å². The Morgan fingerprint density at radius 3 is 2.75 bits per heavy atom. The van der Waals surface area contributed by atoms with Gasteiger partial charge < -0.3 is 9.47 Å². The normalized spacial score (nSPS) is 22.2. The Kier molecular flexibility index (Phi) is 6.52. The minimum Gasteiger partial charge on any atom is -0.496 e. The minimum atomic E-state index is 0.408. The van der Waals surface area contributed by atoms with Crippen LogP contribution in [0.15, 0.2) is 18.2 Å². The fourth-order valence-electron chi connectivity index (χ4n) is 3.91. The molecule has 1 atom stereocenters. The van der Waals surface area contributed by atoms with Crippen molar-refractivity contribution < 1.29 is 9.47 Å². The first-order chi connectivity index (χ1) is 11.7. The maximum atomic E-state index is 5.87. The number of likely N-dealkylation sites (N-methyl/N-ethyl adjacent to an activating group) is 1. The van der Waals surface area contributed by atoms with Crippen molar-refractivity contribution in [1.29, 1.82) is 0 Å². The van der Waals surface area contributed by atoms with Crippen LogP contribution < -0.4 is 4.74 Å². The maximum Gasteiger partial charge on any atom is 0.123 e. The number of likely N-dealkylation sites (tertiary alicyclic amines) is 1. The number of ether oxygens (including phenoxy) is 2. The molecule has 2 heterocycles. The van der Waals surface area contributed by atoms with E-state index < -0.39 is 0 Å². The second-order valence-corrected chi connectivity index (χ2v) is 7.31. The molecule has 24 heavy (non-hydrogen) atoms. The Bertz CT molecular complexity index is 508. The van der Waals surface area contributed by atoms with Crippen molar-refractivity contribution in [3.05, 3.63) is 29.3 Å². The fraction of sp³-hybridized carbons (Fsp3) is 0.700. The molecule has 0 aliphatic carbocycles. The van der Waals surface area contributed by atoms with E-state index in [1.54, 1.807) is 7.11 Å². The topological polar surface area (TPSA) is 24.9 Å². The lowest BCUT2D eigenvalue weighted by Crippen LogP contribution is -2.33. The standard InChI is InChI=1S/C20H32N2O2/c1-21(16-19-7-3-6-12-24-19)14-17-8-9-20(23-2)18(13-17)15-22-10-4-5-11-22/h8-9,13,19H,3-7,10-12,14-16H2,1-2H3/t19-/m0/s1. The molecule has 2 aliphatic heterocycles. The Balaban J connectivity index is 1.59. The van der Waals surface area contributed by atoms with E-state index in [2.05, 4.69) is 35.0 Å².